The lowest BCUT2D eigenvalue weighted by Gasteiger charge is -2.10. The van der Waals surface area contributed by atoms with E-state index in [4.69, 9.17) is 5.41 Å². The van der Waals surface area contributed by atoms with Crippen molar-refractivity contribution in [2.75, 3.05) is 12.4 Å². The SMILES string of the molecule is CC.CCC(=N)c1cc(C)c(F)cc1NC. The molecular weight excluding hydrogens is 203 g/mol. The number of nitrogens with one attached hydrogen (secondary N) is 2. The molecule has 0 amide bonds. The molecule has 1 rings (SSSR count). The highest BCUT2D eigenvalue weighted by Crippen LogP contribution is 2.21. The number of hydrogen-bond acceptors (Lipinski definition) is 2. The average Bonchev–Trinajstić information content (AvgIpc) is 2.33. The highest BCUT2D eigenvalue weighted by atomic mass is 19.1. The molecule has 0 saturated heterocycles. The lowest BCUT2D eigenvalue weighted by molar-refractivity contribution is 0.619. The largest absolute Gasteiger partial charge is 0.387 e. The van der Waals surface area contributed by atoms with Crippen molar-refractivity contribution in [3.8, 4) is 0 Å². The molecule has 0 radical (unpaired) electrons. The van der Waals surface area contributed by atoms with Gasteiger partial charge in [-0.15, -0.1) is 0 Å². The van der Waals surface area contributed by atoms with E-state index in [2.05, 4.69) is 5.32 Å². The van der Waals surface area contributed by atoms with Crippen LogP contribution in [0.15, 0.2) is 12.1 Å². The van der Waals surface area contributed by atoms with Crippen LogP contribution >= 0.6 is 0 Å². The van der Waals surface area contributed by atoms with Gasteiger partial charge in [0.05, 0.1) is 0 Å². The Morgan fingerprint density at radius 2 is 1.94 bits per heavy atom. The zero-order valence-electron chi connectivity index (χ0n) is 10.7. The predicted octanol–water partition coefficient (Wildman–Crippen LogP) is 3.98. The van der Waals surface area contributed by atoms with E-state index in [9.17, 15) is 4.39 Å². The summed E-state index contributed by atoms with van der Waals surface area (Å²) >= 11 is 0. The predicted molar refractivity (Wildman–Crippen MR) is 69.2 cm³/mol. The van der Waals surface area contributed by atoms with Gasteiger partial charge in [0.1, 0.15) is 5.82 Å². The molecule has 1 aromatic carbocycles. The van der Waals surface area contributed by atoms with Gasteiger partial charge in [0, 0.05) is 24.0 Å². The maximum Gasteiger partial charge on any atom is 0.128 e. The average molecular weight is 224 g/mol. The van der Waals surface area contributed by atoms with Gasteiger partial charge in [-0.05, 0) is 31.0 Å². The Morgan fingerprint density at radius 1 is 1.38 bits per heavy atom. The van der Waals surface area contributed by atoms with E-state index in [1.54, 1.807) is 20.0 Å². The Hall–Kier alpha value is -1.38. The van der Waals surface area contributed by atoms with E-state index in [1.165, 1.54) is 6.07 Å². The van der Waals surface area contributed by atoms with Gasteiger partial charge in [-0.3, -0.25) is 0 Å². The van der Waals surface area contributed by atoms with Crippen LogP contribution in [0.2, 0.25) is 0 Å². The summed E-state index contributed by atoms with van der Waals surface area (Å²) in [6.07, 6.45) is 0.653. The number of hydrogen-bond donors (Lipinski definition) is 2. The van der Waals surface area contributed by atoms with E-state index < -0.39 is 0 Å². The van der Waals surface area contributed by atoms with Gasteiger partial charge in [-0.1, -0.05) is 20.8 Å². The fourth-order valence-electron chi connectivity index (χ4n) is 1.33. The first kappa shape index (κ1) is 14.6. The van der Waals surface area contributed by atoms with Gasteiger partial charge in [0.15, 0.2) is 0 Å². The van der Waals surface area contributed by atoms with Crippen LogP contribution in [-0.2, 0) is 0 Å². The summed E-state index contributed by atoms with van der Waals surface area (Å²) in [7, 11) is 1.73. The van der Waals surface area contributed by atoms with Gasteiger partial charge >= 0.3 is 0 Å². The van der Waals surface area contributed by atoms with E-state index >= 15 is 0 Å². The van der Waals surface area contributed by atoms with Crippen LogP contribution in [0.1, 0.15) is 38.3 Å². The molecule has 2 N–H and O–H groups in total. The van der Waals surface area contributed by atoms with Crippen LogP contribution in [-0.4, -0.2) is 12.8 Å². The second-order valence-electron chi connectivity index (χ2n) is 3.23. The molecule has 16 heavy (non-hydrogen) atoms. The number of anilines is 1. The zero-order chi connectivity index (χ0) is 12.7. The molecule has 0 fully saturated rings. The van der Waals surface area contributed by atoms with E-state index in [0.29, 0.717) is 23.4 Å². The quantitative estimate of drug-likeness (QED) is 0.748. The van der Waals surface area contributed by atoms with Crippen molar-refractivity contribution in [1.82, 2.24) is 0 Å². The van der Waals surface area contributed by atoms with E-state index in [0.717, 1.165) is 5.56 Å². The Kier molecular flexibility index (Phi) is 6.38. The summed E-state index contributed by atoms with van der Waals surface area (Å²) < 4.78 is 13.2. The molecule has 0 spiro atoms. The van der Waals surface area contributed by atoms with Crippen molar-refractivity contribution < 1.29 is 4.39 Å². The highest BCUT2D eigenvalue weighted by molar-refractivity contribution is 6.03. The molecule has 0 saturated carbocycles. The van der Waals surface area contributed by atoms with Crippen molar-refractivity contribution in [1.29, 1.82) is 5.41 Å². The maximum absolute atomic E-state index is 13.2. The van der Waals surface area contributed by atoms with Gasteiger partial charge in [-0.2, -0.15) is 0 Å². The molecule has 0 bridgehead atoms. The molecule has 0 aliphatic heterocycles. The molecule has 0 heterocycles. The first-order valence-electron chi connectivity index (χ1n) is 5.65. The third kappa shape index (κ3) is 3.33. The summed E-state index contributed by atoms with van der Waals surface area (Å²) in [6.45, 7) is 7.63. The second-order valence-corrected chi connectivity index (χ2v) is 3.23. The number of benzene rings is 1. The summed E-state index contributed by atoms with van der Waals surface area (Å²) in [6, 6.07) is 3.15. The first-order valence-corrected chi connectivity index (χ1v) is 5.65. The van der Waals surface area contributed by atoms with E-state index in [-0.39, 0.29) is 5.82 Å². The highest BCUT2D eigenvalue weighted by Gasteiger charge is 2.09. The molecule has 0 aliphatic rings. The molecule has 1 aromatic rings. The van der Waals surface area contributed by atoms with Gasteiger partial charge in [-0.25, -0.2) is 4.39 Å². The third-order valence-electron chi connectivity index (χ3n) is 2.25. The van der Waals surface area contributed by atoms with Crippen LogP contribution in [0.5, 0.6) is 0 Å². The Morgan fingerprint density at radius 3 is 2.38 bits per heavy atom. The number of aryl methyl sites for hydroxylation is 1. The molecule has 0 unspecified atom stereocenters. The van der Waals surface area contributed by atoms with Crippen LogP contribution in [0.25, 0.3) is 0 Å². The minimum Gasteiger partial charge on any atom is -0.387 e. The topological polar surface area (TPSA) is 35.9 Å². The number of rotatable bonds is 3. The number of halogens is 1. The summed E-state index contributed by atoms with van der Waals surface area (Å²) in [4.78, 5) is 0. The van der Waals surface area contributed by atoms with Crippen molar-refractivity contribution in [2.45, 2.75) is 34.1 Å². The molecule has 3 heteroatoms. The minimum atomic E-state index is -0.234. The molecule has 0 aromatic heterocycles. The Bertz CT molecular complexity index is 359. The molecule has 90 valence electrons. The molecular formula is C13H21FN2. The van der Waals surface area contributed by atoms with Gasteiger partial charge < -0.3 is 10.7 Å². The molecule has 0 aliphatic carbocycles. The standard InChI is InChI=1S/C11H15FN2.C2H6/c1-4-10(13)8-5-7(2)9(12)6-11(8)14-3;1-2/h5-6,13-14H,4H2,1-3H3;1-2H3. The first-order chi connectivity index (χ1) is 7.60. The van der Waals surface area contributed by atoms with Gasteiger partial charge in [0.25, 0.3) is 0 Å². The van der Waals surface area contributed by atoms with Crippen LogP contribution in [0.4, 0.5) is 10.1 Å². The van der Waals surface area contributed by atoms with Crippen LogP contribution < -0.4 is 5.32 Å². The van der Waals surface area contributed by atoms with Crippen molar-refractivity contribution in [3.63, 3.8) is 0 Å². The van der Waals surface area contributed by atoms with E-state index in [1.807, 2.05) is 20.8 Å². The van der Waals surface area contributed by atoms with Crippen molar-refractivity contribution in [2.24, 2.45) is 0 Å². The lowest BCUT2D eigenvalue weighted by Crippen LogP contribution is -2.04. The zero-order valence-corrected chi connectivity index (χ0v) is 10.7. The summed E-state index contributed by atoms with van der Waals surface area (Å²) in [5.41, 5.74) is 2.57. The van der Waals surface area contributed by atoms with Gasteiger partial charge in [0.2, 0.25) is 0 Å². The molecule has 2 nitrogen and oxygen atoms in total. The normalized spacial score (nSPS) is 9.12. The van der Waals surface area contributed by atoms with Crippen molar-refractivity contribution >= 4 is 11.4 Å². The minimum absolute atomic E-state index is 0.234. The maximum atomic E-state index is 13.2. The second kappa shape index (κ2) is 6.99. The molecule has 0 atom stereocenters. The van der Waals surface area contributed by atoms with Crippen molar-refractivity contribution in [3.05, 3.63) is 29.1 Å². The third-order valence-corrected chi connectivity index (χ3v) is 2.25. The van der Waals surface area contributed by atoms with Crippen LogP contribution in [0.3, 0.4) is 0 Å². The summed E-state index contributed by atoms with van der Waals surface area (Å²) in [5, 5.41) is 10.6. The monoisotopic (exact) mass is 224 g/mol. The Balaban J connectivity index is 0.00000106. The summed E-state index contributed by atoms with van der Waals surface area (Å²) in [5.74, 6) is -0.234. The fourth-order valence-corrected chi connectivity index (χ4v) is 1.33. The van der Waals surface area contributed by atoms with Crippen LogP contribution in [0, 0.1) is 18.2 Å². The Labute approximate surface area is 97.4 Å². The lowest BCUT2D eigenvalue weighted by atomic mass is 10.0. The fraction of sp³-hybridized carbons (Fsp3) is 0.462. The smallest absolute Gasteiger partial charge is 0.128 e.